The zero-order chi connectivity index (χ0) is 27.1. The Morgan fingerprint density at radius 2 is 1.62 bits per heavy atom. The van der Waals surface area contributed by atoms with E-state index in [-0.39, 0.29) is 12.8 Å². The number of rotatable bonds is 6. The number of nitrogens with zero attached hydrogens (tertiary/aromatic N) is 2. The quantitative estimate of drug-likeness (QED) is 0.276. The number of aliphatic carboxylic acids is 1. The van der Waals surface area contributed by atoms with Crippen LogP contribution >= 0.6 is 11.6 Å². The van der Waals surface area contributed by atoms with Crippen molar-refractivity contribution in [3.8, 4) is 11.1 Å². The lowest BCUT2D eigenvalue weighted by Crippen LogP contribution is -2.55. The molecule has 0 spiro atoms. The van der Waals surface area contributed by atoms with Gasteiger partial charge in [0.15, 0.2) is 0 Å². The number of amides is 1. The van der Waals surface area contributed by atoms with Gasteiger partial charge in [-0.25, -0.2) is 9.78 Å². The first-order valence-electron chi connectivity index (χ1n) is 12.8. The monoisotopic (exact) mass is 535 g/mol. The fourth-order valence-corrected chi connectivity index (χ4v) is 5.55. The molecule has 0 bridgehead atoms. The first kappa shape index (κ1) is 24.9. The first-order valence-corrected chi connectivity index (χ1v) is 13.1. The number of aryl methyl sites for hydroxylation is 1. The molecule has 0 aliphatic heterocycles. The summed E-state index contributed by atoms with van der Waals surface area (Å²) < 4.78 is 2.14. The second-order valence-electron chi connectivity index (χ2n) is 10.1. The molecule has 6 rings (SSSR count). The zero-order valence-corrected chi connectivity index (χ0v) is 22.1. The van der Waals surface area contributed by atoms with Crippen LogP contribution in [-0.4, -0.2) is 32.1 Å². The summed E-state index contributed by atoms with van der Waals surface area (Å²) in [5.41, 5.74) is 5.87. The molecule has 1 heterocycles. The van der Waals surface area contributed by atoms with Crippen LogP contribution < -0.4 is 5.32 Å². The third-order valence-corrected chi connectivity index (χ3v) is 7.78. The topological polar surface area (TPSA) is 84.2 Å². The summed E-state index contributed by atoms with van der Waals surface area (Å²) in [6, 6.07) is 28.8. The lowest BCUT2D eigenvalue weighted by atomic mass is 9.95. The number of imidazole rings is 1. The summed E-state index contributed by atoms with van der Waals surface area (Å²) in [7, 11) is 0. The van der Waals surface area contributed by atoms with Gasteiger partial charge >= 0.3 is 5.97 Å². The van der Waals surface area contributed by atoms with Gasteiger partial charge in [0.1, 0.15) is 11.4 Å². The van der Waals surface area contributed by atoms with Crippen LogP contribution in [0.1, 0.15) is 32.9 Å². The Hall–Kier alpha value is -4.42. The van der Waals surface area contributed by atoms with Crippen LogP contribution in [0, 0.1) is 6.92 Å². The Kier molecular flexibility index (Phi) is 6.20. The van der Waals surface area contributed by atoms with Crippen molar-refractivity contribution in [2.24, 2.45) is 0 Å². The second kappa shape index (κ2) is 9.71. The molecule has 4 aromatic carbocycles. The smallest absolute Gasteiger partial charge is 0.330 e. The van der Waals surface area contributed by atoms with E-state index in [0.717, 1.165) is 44.7 Å². The highest BCUT2D eigenvalue weighted by Crippen LogP contribution is 2.34. The van der Waals surface area contributed by atoms with E-state index < -0.39 is 17.4 Å². The molecular formula is C32H26ClN3O3. The number of fused-ring (bicyclic) bond motifs is 2. The summed E-state index contributed by atoms with van der Waals surface area (Å²) in [6.07, 6.45) is 0.450. The average Bonchev–Trinajstić information content (AvgIpc) is 3.46. The summed E-state index contributed by atoms with van der Waals surface area (Å²) >= 11 is 6.02. The third-order valence-electron chi connectivity index (χ3n) is 7.53. The molecule has 0 saturated carbocycles. The molecule has 0 fully saturated rings. The SMILES string of the molecule is Cc1nc2ccccc2n1Cc1ccc(C(=O)NC2(C(=O)O)Cc3ccc(-c4ccc(Cl)cc4)cc3C2)cc1. The van der Waals surface area contributed by atoms with Gasteiger partial charge in [0.25, 0.3) is 5.91 Å². The molecule has 1 aromatic heterocycles. The standard InChI is InChI=1S/C32H26ClN3O3/c1-20-34-28-4-2-3-5-29(28)36(20)19-21-6-8-23(9-7-21)30(37)35-32(31(38)39)17-25-11-10-24(16-26(25)18-32)22-12-14-27(33)15-13-22/h2-16H,17-19H2,1H3,(H,35,37)(H,38,39). The Labute approximate surface area is 230 Å². The van der Waals surface area contributed by atoms with Crippen molar-refractivity contribution in [3.63, 3.8) is 0 Å². The number of para-hydroxylation sites is 2. The van der Waals surface area contributed by atoms with Gasteiger partial charge in [-0.3, -0.25) is 4.79 Å². The lowest BCUT2D eigenvalue weighted by molar-refractivity contribution is -0.144. The molecule has 39 heavy (non-hydrogen) atoms. The van der Waals surface area contributed by atoms with E-state index in [2.05, 4.69) is 14.9 Å². The maximum atomic E-state index is 13.2. The highest BCUT2D eigenvalue weighted by Gasteiger charge is 2.45. The van der Waals surface area contributed by atoms with Gasteiger partial charge in [-0.2, -0.15) is 0 Å². The van der Waals surface area contributed by atoms with Gasteiger partial charge in [-0.15, -0.1) is 0 Å². The number of aromatic nitrogens is 2. The molecule has 1 aliphatic carbocycles. The summed E-state index contributed by atoms with van der Waals surface area (Å²) in [5.74, 6) is -0.528. The van der Waals surface area contributed by atoms with E-state index in [9.17, 15) is 14.7 Å². The third kappa shape index (κ3) is 4.68. The minimum absolute atomic E-state index is 0.218. The molecule has 0 radical (unpaired) electrons. The fourth-order valence-electron chi connectivity index (χ4n) is 5.42. The number of hydrogen-bond donors (Lipinski definition) is 2. The molecule has 194 valence electrons. The number of benzene rings is 4. The first-order chi connectivity index (χ1) is 18.8. The van der Waals surface area contributed by atoms with Crippen molar-refractivity contribution in [3.05, 3.63) is 124 Å². The van der Waals surface area contributed by atoms with Crippen molar-refractivity contribution in [1.29, 1.82) is 0 Å². The van der Waals surface area contributed by atoms with E-state index >= 15 is 0 Å². The minimum atomic E-state index is -1.40. The normalized spacial score (nSPS) is 16.3. The summed E-state index contributed by atoms with van der Waals surface area (Å²) in [4.78, 5) is 30.3. The summed E-state index contributed by atoms with van der Waals surface area (Å²) in [5, 5.41) is 13.7. The van der Waals surface area contributed by atoms with E-state index in [0.29, 0.717) is 17.1 Å². The van der Waals surface area contributed by atoms with Crippen LogP contribution in [0.15, 0.2) is 91.0 Å². The number of nitrogens with one attached hydrogen (secondary N) is 1. The average molecular weight is 536 g/mol. The molecular weight excluding hydrogens is 510 g/mol. The molecule has 1 atom stereocenters. The fraction of sp³-hybridized carbons (Fsp3) is 0.156. The van der Waals surface area contributed by atoms with E-state index in [4.69, 9.17) is 11.6 Å². The molecule has 7 heteroatoms. The van der Waals surface area contributed by atoms with Crippen molar-refractivity contribution in [2.45, 2.75) is 31.8 Å². The number of halogens is 1. The van der Waals surface area contributed by atoms with Crippen molar-refractivity contribution in [1.82, 2.24) is 14.9 Å². The van der Waals surface area contributed by atoms with Gasteiger partial charge < -0.3 is 15.0 Å². The number of carboxylic acids is 1. The molecule has 0 saturated heterocycles. The van der Waals surface area contributed by atoms with E-state index in [1.165, 1.54) is 0 Å². The highest BCUT2D eigenvalue weighted by molar-refractivity contribution is 6.30. The molecule has 5 aromatic rings. The van der Waals surface area contributed by atoms with Crippen LogP contribution in [0.4, 0.5) is 0 Å². The van der Waals surface area contributed by atoms with E-state index in [1.54, 1.807) is 12.1 Å². The lowest BCUT2D eigenvalue weighted by Gasteiger charge is -2.25. The Morgan fingerprint density at radius 3 is 2.36 bits per heavy atom. The molecule has 1 aliphatic rings. The van der Waals surface area contributed by atoms with Gasteiger partial charge in [0.05, 0.1) is 11.0 Å². The van der Waals surface area contributed by atoms with Crippen LogP contribution in [0.25, 0.3) is 22.2 Å². The van der Waals surface area contributed by atoms with Crippen molar-refractivity contribution >= 4 is 34.5 Å². The van der Waals surface area contributed by atoms with Crippen LogP contribution in [0.5, 0.6) is 0 Å². The summed E-state index contributed by atoms with van der Waals surface area (Å²) in [6.45, 7) is 2.60. The Bertz CT molecular complexity index is 1720. The molecule has 2 N–H and O–H groups in total. The largest absolute Gasteiger partial charge is 0.479 e. The molecule has 1 amide bonds. The van der Waals surface area contributed by atoms with Crippen LogP contribution in [0.2, 0.25) is 5.02 Å². The van der Waals surface area contributed by atoms with Crippen molar-refractivity contribution in [2.75, 3.05) is 0 Å². The number of carboxylic acid groups (broad SMARTS) is 1. The van der Waals surface area contributed by atoms with E-state index in [1.807, 2.05) is 85.8 Å². The molecule has 1 unspecified atom stereocenters. The van der Waals surface area contributed by atoms with Gasteiger partial charge in [-0.1, -0.05) is 66.2 Å². The van der Waals surface area contributed by atoms with Crippen molar-refractivity contribution < 1.29 is 14.7 Å². The van der Waals surface area contributed by atoms with Gasteiger partial charge in [-0.05, 0) is 71.1 Å². The zero-order valence-electron chi connectivity index (χ0n) is 21.3. The van der Waals surface area contributed by atoms with Crippen LogP contribution in [-0.2, 0) is 24.2 Å². The number of carbonyl (C=O) groups is 2. The highest BCUT2D eigenvalue weighted by atomic mass is 35.5. The Balaban J connectivity index is 1.19. The maximum absolute atomic E-state index is 13.2. The van der Waals surface area contributed by atoms with Crippen LogP contribution in [0.3, 0.4) is 0 Å². The number of hydrogen-bond acceptors (Lipinski definition) is 3. The number of carbonyl (C=O) groups excluding carboxylic acids is 1. The van der Waals surface area contributed by atoms with Gasteiger partial charge in [0, 0.05) is 30.0 Å². The second-order valence-corrected chi connectivity index (χ2v) is 10.6. The Morgan fingerprint density at radius 1 is 0.923 bits per heavy atom. The van der Waals surface area contributed by atoms with Gasteiger partial charge in [0.2, 0.25) is 0 Å². The predicted molar refractivity (Wildman–Crippen MR) is 152 cm³/mol. The maximum Gasteiger partial charge on any atom is 0.330 e. The minimum Gasteiger partial charge on any atom is -0.479 e. The predicted octanol–water partition coefficient (Wildman–Crippen LogP) is 6.07. The molecule has 6 nitrogen and oxygen atoms in total.